The number of hydrogen-bond donors (Lipinski definition) is 1. The van der Waals surface area contributed by atoms with E-state index in [-0.39, 0.29) is 12.1 Å². The molecule has 0 aliphatic carbocycles. The average molecular weight is 299 g/mol. The van der Waals surface area contributed by atoms with Gasteiger partial charge in [0.05, 0.1) is 12.7 Å². The summed E-state index contributed by atoms with van der Waals surface area (Å²) in [5.41, 5.74) is 0.357. The van der Waals surface area contributed by atoms with Gasteiger partial charge in [-0.1, -0.05) is 12.1 Å². The molecule has 3 nitrogen and oxygen atoms in total. The van der Waals surface area contributed by atoms with Gasteiger partial charge in [-0.2, -0.15) is 0 Å². The van der Waals surface area contributed by atoms with Crippen LogP contribution in [0.5, 0.6) is 0 Å². The largest absolute Gasteiger partial charge is 0.379 e. The first-order valence-corrected chi connectivity index (χ1v) is 7.55. The normalized spacial score (nSPS) is 19.9. The van der Waals surface area contributed by atoms with Crippen molar-refractivity contribution in [2.75, 3.05) is 26.4 Å². The molecule has 0 amide bonds. The zero-order valence-electron chi connectivity index (χ0n) is 12.4. The molecule has 1 heterocycles. The summed E-state index contributed by atoms with van der Waals surface area (Å²) in [5.74, 6) is -1.58. The predicted octanol–water partition coefficient (Wildman–Crippen LogP) is 3.20. The first-order valence-electron chi connectivity index (χ1n) is 7.55. The van der Waals surface area contributed by atoms with Crippen molar-refractivity contribution in [2.24, 2.45) is 0 Å². The molecule has 0 radical (unpaired) electrons. The van der Waals surface area contributed by atoms with Crippen molar-refractivity contribution < 1.29 is 18.3 Å². The van der Waals surface area contributed by atoms with Crippen LogP contribution in [0.2, 0.25) is 0 Å². The molecule has 21 heavy (non-hydrogen) atoms. The summed E-state index contributed by atoms with van der Waals surface area (Å²) >= 11 is 0. The summed E-state index contributed by atoms with van der Waals surface area (Å²) in [6.45, 7) is 4.65. The van der Waals surface area contributed by atoms with Crippen LogP contribution in [0.15, 0.2) is 18.2 Å². The van der Waals surface area contributed by atoms with Gasteiger partial charge in [-0.05, 0) is 38.8 Å². The maximum atomic E-state index is 13.6. The van der Waals surface area contributed by atoms with Crippen molar-refractivity contribution in [2.45, 2.75) is 38.3 Å². The maximum Gasteiger partial charge on any atom is 0.163 e. The summed E-state index contributed by atoms with van der Waals surface area (Å²) in [6, 6.07) is 4.03. The minimum Gasteiger partial charge on any atom is -0.379 e. The highest BCUT2D eigenvalue weighted by Gasteiger charge is 2.15. The smallest absolute Gasteiger partial charge is 0.163 e. The van der Waals surface area contributed by atoms with Gasteiger partial charge >= 0.3 is 0 Å². The summed E-state index contributed by atoms with van der Waals surface area (Å²) < 4.78 is 37.8. The standard InChI is InChI=1S/C16H23F2NO2/c1-12(14-6-2-7-15(17)16(14)18)19-8-4-9-20-11-13-5-3-10-21-13/h2,6-7,12-13,19H,3-5,8-11H2,1H3. The minimum absolute atomic E-state index is 0.223. The third-order valence-electron chi connectivity index (χ3n) is 3.69. The molecule has 1 aliphatic rings. The van der Waals surface area contributed by atoms with Crippen LogP contribution in [0, 0.1) is 11.6 Å². The number of benzene rings is 1. The van der Waals surface area contributed by atoms with Crippen molar-refractivity contribution in [3.8, 4) is 0 Å². The summed E-state index contributed by atoms with van der Waals surface area (Å²) in [4.78, 5) is 0. The van der Waals surface area contributed by atoms with Gasteiger partial charge in [-0.25, -0.2) is 8.78 Å². The second-order valence-corrected chi connectivity index (χ2v) is 5.38. The Labute approximate surface area is 124 Å². The van der Waals surface area contributed by atoms with Gasteiger partial charge in [0.25, 0.3) is 0 Å². The van der Waals surface area contributed by atoms with Crippen LogP contribution in [0.3, 0.4) is 0 Å². The Morgan fingerprint density at radius 1 is 1.43 bits per heavy atom. The number of hydrogen-bond acceptors (Lipinski definition) is 3. The third-order valence-corrected chi connectivity index (χ3v) is 3.69. The van der Waals surface area contributed by atoms with Gasteiger partial charge in [0.2, 0.25) is 0 Å². The molecule has 1 aromatic carbocycles. The van der Waals surface area contributed by atoms with Gasteiger partial charge in [-0.3, -0.25) is 0 Å². The summed E-state index contributed by atoms with van der Waals surface area (Å²) in [7, 11) is 0. The highest BCUT2D eigenvalue weighted by atomic mass is 19.2. The van der Waals surface area contributed by atoms with E-state index in [2.05, 4.69) is 5.32 Å². The van der Waals surface area contributed by atoms with Crippen LogP contribution in [0.25, 0.3) is 0 Å². The third kappa shape index (κ3) is 5.02. The Balaban J connectivity index is 1.60. The molecule has 0 spiro atoms. The fraction of sp³-hybridized carbons (Fsp3) is 0.625. The van der Waals surface area contributed by atoms with Crippen LogP contribution < -0.4 is 5.32 Å². The fourth-order valence-corrected chi connectivity index (χ4v) is 2.45. The Kier molecular flexibility index (Phi) is 6.54. The van der Waals surface area contributed by atoms with Crippen LogP contribution in [0.4, 0.5) is 8.78 Å². The number of ether oxygens (including phenoxy) is 2. The highest BCUT2D eigenvalue weighted by molar-refractivity contribution is 5.21. The van der Waals surface area contributed by atoms with Crippen LogP contribution in [-0.2, 0) is 9.47 Å². The lowest BCUT2D eigenvalue weighted by Crippen LogP contribution is -2.23. The zero-order valence-corrected chi connectivity index (χ0v) is 12.4. The lowest BCUT2D eigenvalue weighted by Gasteiger charge is -2.15. The van der Waals surface area contributed by atoms with Gasteiger partial charge in [0, 0.05) is 24.8 Å². The second-order valence-electron chi connectivity index (χ2n) is 5.38. The molecule has 2 unspecified atom stereocenters. The SMILES string of the molecule is CC(NCCCOCC1CCCO1)c1cccc(F)c1F. The molecular formula is C16H23F2NO2. The lowest BCUT2D eigenvalue weighted by molar-refractivity contribution is 0.0165. The molecule has 118 valence electrons. The Morgan fingerprint density at radius 2 is 2.29 bits per heavy atom. The molecule has 1 saturated heterocycles. The van der Waals surface area contributed by atoms with E-state index in [1.165, 1.54) is 6.07 Å². The number of halogens is 2. The van der Waals surface area contributed by atoms with E-state index in [4.69, 9.17) is 9.47 Å². The molecule has 0 bridgehead atoms. The first-order chi connectivity index (χ1) is 10.2. The van der Waals surface area contributed by atoms with Crippen LogP contribution >= 0.6 is 0 Å². The van der Waals surface area contributed by atoms with E-state index in [0.717, 1.165) is 31.9 Å². The lowest BCUT2D eigenvalue weighted by atomic mass is 10.1. The predicted molar refractivity (Wildman–Crippen MR) is 77.2 cm³/mol. The molecule has 1 fully saturated rings. The minimum atomic E-state index is -0.805. The Morgan fingerprint density at radius 3 is 3.05 bits per heavy atom. The second kappa shape index (κ2) is 8.41. The van der Waals surface area contributed by atoms with Crippen molar-refractivity contribution in [1.29, 1.82) is 0 Å². The average Bonchev–Trinajstić information content (AvgIpc) is 2.98. The summed E-state index contributed by atoms with van der Waals surface area (Å²) in [5, 5.41) is 3.18. The first kappa shape index (κ1) is 16.3. The fourth-order valence-electron chi connectivity index (χ4n) is 2.45. The van der Waals surface area contributed by atoms with E-state index in [1.54, 1.807) is 6.07 Å². The number of rotatable bonds is 8. The topological polar surface area (TPSA) is 30.5 Å². The van der Waals surface area contributed by atoms with Gasteiger partial charge in [0.15, 0.2) is 11.6 Å². The van der Waals surface area contributed by atoms with E-state index in [1.807, 2.05) is 6.92 Å². The van der Waals surface area contributed by atoms with Gasteiger partial charge < -0.3 is 14.8 Å². The van der Waals surface area contributed by atoms with Crippen molar-refractivity contribution in [3.05, 3.63) is 35.4 Å². The Hall–Kier alpha value is -1.04. The molecule has 1 N–H and O–H groups in total. The van der Waals surface area contributed by atoms with Crippen LogP contribution in [-0.4, -0.2) is 32.5 Å². The molecule has 2 rings (SSSR count). The molecule has 1 aromatic rings. The van der Waals surface area contributed by atoms with Gasteiger partial charge in [0.1, 0.15) is 0 Å². The van der Waals surface area contributed by atoms with E-state index in [0.29, 0.717) is 25.3 Å². The molecule has 2 atom stereocenters. The van der Waals surface area contributed by atoms with Gasteiger partial charge in [-0.15, -0.1) is 0 Å². The zero-order chi connectivity index (χ0) is 15.1. The molecule has 1 aliphatic heterocycles. The van der Waals surface area contributed by atoms with Crippen molar-refractivity contribution in [3.63, 3.8) is 0 Å². The highest BCUT2D eigenvalue weighted by Crippen LogP contribution is 2.18. The van der Waals surface area contributed by atoms with Crippen LogP contribution in [0.1, 0.15) is 37.8 Å². The molecular weight excluding hydrogens is 276 g/mol. The monoisotopic (exact) mass is 299 g/mol. The maximum absolute atomic E-state index is 13.6. The molecule has 0 aromatic heterocycles. The van der Waals surface area contributed by atoms with Crippen molar-refractivity contribution in [1.82, 2.24) is 5.32 Å². The number of nitrogens with one attached hydrogen (secondary N) is 1. The van der Waals surface area contributed by atoms with E-state index in [9.17, 15) is 8.78 Å². The van der Waals surface area contributed by atoms with E-state index < -0.39 is 11.6 Å². The molecule has 5 heteroatoms. The van der Waals surface area contributed by atoms with E-state index >= 15 is 0 Å². The molecule has 0 saturated carbocycles. The Bertz CT molecular complexity index is 436. The summed E-state index contributed by atoms with van der Waals surface area (Å²) in [6.07, 6.45) is 3.27. The van der Waals surface area contributed by atoms with Crippen molar-refractivity contribution >= 4 is 0 Å². The quantitative estimate of drug-likeness (QED) is 0.748.